The molecule has 0 radical (unpaired) electrons. The fourth-order valence-electron chi connectivity index (χ4n) is 1.92. The zero-order chi connectivity index (χ0) is 15.5. The Hall–Kier alpha value is -1.28. The van der Waals surface area contributed by atoms with Gasteiger partial charge in [-0.3, -0.25) is 4.79 Å². The average Bonchev–Trinajstić information content (AvgIpc) is 2.87. The quantitative estimate of drug-likeness (QED) is 0.820. The lowest BCUT2D eigenvalue weighted by atomic mass is 9.99. The van der Waals surface area contributed by atoms with Gasteiger partial charge in [-0.2, -0.15) is 11.8 Å². The number of rotatable bonds is 5. The number of carbonyl (C=O) groups excluding carboxylic acids is 1. The van der Waals surface area contributed by atoms with Crippen LogP contribution in [0.3, 0.4) is 0 Å². The van der Waals surface area contributed by atoms with Crippen LogP contribution in [-0.4, -0.2) is 40.6 Å². The minimum absolute atomic E-state index is 0.0569. The van der Waals surface area contributed by atoms with Gasteiger partial charge in [-0.05, 0) is 30.4 Å². The van der Waals surface area contributed by atoms with Gasteiger partial charge in [-0.25, -0.2) is 9.18 Å². The highest BCUT2D eigenvalue weighted by Gasteiger charge is 2.43. The van der Waals surface area contributed by atoms with Crippen LogP contribution < -0.4 is 10.1 Å². The van der Waals surface area contributed by atoms with Gasteiger partial charge in [0.2, 0.25) is 0 Å². The number of carbonyl (C=O) groups is 2. The van der Waals surface area contributed by atoms with Crippen molar-refractivity contribution in [2.75, 3.05) is 18.1 Å². The zero-order valence-corrected chi connectivity index (χ0v) is 13.3. The smallest absolute Gasteiger partial charge is 0.330 e. The van der Waals surface area contributed by atoms with Crippen molar-refractivity contribution in [3.8, 4) is 5.75 Å². The number of halogens is 2. The molecule has 1 aromatic carbocycles. The van der Waals surface area contributed by atoms with E-state index in [4.69, 9.17) is 4.74 Å². The molecule has 1 amide bonds. The maximum absolute atomic E-state index is 13.5. The maximum Gasteiger partial charge on any atom is 0.330 e. The standard InChI is InChI=1S/C13H13BrFNO4S/c14-8-1-2-10(9(15)5-8)20-6-11(17)16-13(12(18)19)3-4-21-7-13/h1-2,5H,3-4,6-7H2,(H,16,17)(H,18,19). The molecule has 1 atom stereocenters. The van der Waals surface area contributed by atoms with Gasteiger partial charge >= 0.3 is 5.97 Å². The molecule has 21 heavy (non-hydrogen) atoms. The number of nitrogens with one attached hydrogen (secondary N) is 1. The Morgan fingerprint density at radius 3 is 2.86 bits per heavy atom. The average molecular weight is 378 g/mol. The first-order chi connectivity index (χ1) is 9.93. The van der Waals surface area contributed by atoms with E-state index in [0.29, 0.717) is 22.4 Å². The molecule has 1 saturated heterocycles. The number of amides is 1. The number of thioether (sulfide) groups is 1. The number of carboxylic acid groups (broad SMARTS) is 1. The van der Waals surface area contributed by atoms with Gasteiger partial charge in [0.05, 0.1) is 0 Å². The Bertz CT molecular complexity index is 563. The summed E-state index contributed by atoms with van der Waals surface area (Å²) in [5.41, 5.74) is -1.25. The van der Waals surface area contributed by atoms with Crippen molar-refractivity contribution in [2.45, 2.75) is 12.0 Å². The van der Waals surface area contributed by atoms with Gasteiger partial charge in [-0.1, -0.05) is 15.9 Å². The molecule has 5 nitrogen and oxygen atoms in total. The van der Waals surface area contributed by atoms with Gasteiger partial charge in [0.1, 0.15) is 5.54 Å². The highest BCUT2D eigenvalue weighted by Crippen LogP contribution is 2.28. The fourth-order valence-corrected chi connectivity index (χ4v) is 3.58. The number of hydrogen-bond acceptors (Lipinski definition) is 4. The molecule has 1 heterocycles. The first-order valence-electron chi connectivity index (χ1n) is 6.13. The Labute approximate surface area is 133 Å². The van der Waals surface area contributed by atoms with Crippen LogP contribution in [0.25, 0.3) is 0 Å². The molecule has 1 fully saturated rings. The molecular formula is C13H13BrFNO4S. The minimum Gasteiger partial charge on any atom is -0.481 e. The van der Waals surface area contributed by atoms with E-state index in [2.05, 4.69) is 21.2 Å². The van der Waals surface area contributed by atoms with E-state index < -0.39 is 29.8 Å². The lowest BCUT2D eigenvalue weighted by Gasteiger charge is -2.24. The second-order valence-corrected chi connectivity index (χ2v) is 6.62. The normalized spacial score (nSPS) is 21.0. The molecular weight excluding hydrogens is 365 g/mol. The van der Waals surface area contributed by atoms with Crippen molar-refractivity contribution in [3.63, 3.8) is 0 Å². The fraction of sp³-hybridized carbons (Fsp3) is 0.385. The third kappa shape index (κ3) is 3.88. The van der Waals surface area contributed by atoms with Crippen molar-refractivity contribution < 1.29 is 23.8 Å². The summed E-state index contributed by atoms with van der Waals surface area (Å²) >= 11 is 4.58. The van der Waals surface area contributed by atoms with E-state index in [9.17, 15) is 19.1 Å². The summed E-state index contributed by atoms with van der Waals surface area (Å²) in [5.74, 6) is -1.30. The molecule has 1 aliphatic rings. The van der Waals surface area contributed by atoms with Crippen LogP contribution in [0.5, 0.6) is 5.75 Å². The van der Waals surface area contributed by atoms with Gasteiger partial charge in [0.25, 0.3) is 5.91 Å². The maximum atomic E-state index is 13.5. The third-order valence-electron chi connectivity index (χ3n) is 3.06. The van der Waals surface area contributed by atoms with Crippen molar-refractivity contribution in [1.82, 2.24) is 5.32 Å². The number of aliphatic carboxylic acids is 1. The molecule has 1 aromatic rings. The largest absolute Gasteiger partial charge is 0.481 e. The highest BCUT2D eigenvalue weighted by atomic mass is 79.9. The summed E-state index contributed by atoms with van der Waals surface area (Å²) in [5, 5.41) is 11.7. The van der Waals surface area contributed by atoms with Crippen LogP contribution >= 0.6 is 27.7 Å². The first-order valence-corrected chi connectivity index (χ1v) is 8.08. The van der Waals surface area contributed by atoms with Crippen molar-refractivity contribution >= 4 is 39.6 Å². The van der Waals surface area contributed by atoms with Gasteiger partial charge in [0.15, 0.2) is 18.2 Å². The summed E-state index contributed by atoms with van der Waals surface area (Å²) in [4.78, 5) is 23.1. The third-order valence-corrected chi connectivity index (χ3v) is 4.75. The van der Waals surface area contributed by atoms with Crippen molar-refractivity contribution in [2.24, 2.45) is 0 Å². The van der Waals surface area contributed by atoms with Crippen LogP contribution in [0.2, 0.25) is 0 Å². The Balaban J connectivity index is 1.94. The molecule has 8 heteroatoms. The molecule has 2 rings (SSSR count). The molecule has 0 aromatic heterocycles. The molecule has 1 unspecified atom stereocenters. The van der Waals surface area contributed by atoms with E-state index in [1.165, 1.54) is 23.9 Å². The van der Waals surface area contributed by atoms with Gasteiger partial charge < -0.3 is 15.2 Å². The van der Waals surface area contributed by atoms with Crippen LogP contribution in [-0.2, 0) is 9.59 Å². The second-order valence-electron chi connectivity index (χ2n) is 4.60. The van der Waals surface area contributed by atoms with Gasteiger partial charge in [0, 0.05) is 10.2 Å². The monoisotopic (exact) mass is 377 g/mol. The van der Waals surface area contributed by atoms with E-state index >= 15 is 0 Å². The van der Waals surface area contributed by atoms with E-state index in [-0.39, 0.29) is 5.75 Å². The van der Waals surface area contributed by atoms with Crippen LogP contribution in [0, 0.1) is 5.82 Å². The van der Waals surface area contributed by atoms with Crippen LogP contribution in [0.15, 0.2) is 22.7 Å². The predicted molar refractivity (Wildman–Crippen MR) is 80.0 cm³/mol. The Morgan fingerprint density at radius 2 is 2.29 bits per heavy atom. The van der Waals surface area contributed by atoms with E-state index in [0.717, 1.165) is 0 Å². The molecule has 0 spiro atoms. The lowest BCUT2D eigenvalue weighted by molar-refractivity contribution is -0.146. The van der Waals surface area contributed by atoms with Crippen molar-refractivity contribution in [1.29, 1.82) is 0 Å². The molecule has 114 valence electrons. The zero-order valence-electron chi connectivity index (χ0n) is 10.9. The Kier molecular flexibility index (Phi) is 5.10. The number of ether oxygens (including phenoxy) is 1. The summed E-state index contributed by atoms with van der Waals surface area (Å²) in [6.45, 7) is -0.432. The van der Waals surface area contributed by atoms with Crippen LogP contribution in [0.1, 0.15) is 6.42 Å². The minimum atomic E-state index is -1.25. The lowest BCUT2D eigenvalue weighted by Crippen LogP contribution is -2.55. The molecule has 0 aliphatic carbocycles. The summed E-state index contributed by atoms with van der Waals surface area (Å²) in [6, 6.07) is 4.20. The summed E-state index contributed by atoms with van der Waals surface area (Å²) in [7, 11) is 0. The SMILES string of the molecule is O=C(COc1ccc(Br)cc1F)NC1(C(=O)O)CCSC1. The highest BCUT2D eigenvalue weighted by molar-refractivity contribution is 9.10. The second kappa shape index (κ2) is 6.65. The number of hydrogen-bond donors (Lipinski definition) is 2. The molecule has 0 saturated carbocycles. The number of benzene rings is 1. The molecule has 2 N–H and O–H groups in total. The first kappa shape index (κ1) is 16.1. The summed E-state index contributed by atoms with van der Waals surface area (Å²) < 4.78 is 19.2. The van der Waals surface area contributed by atoms with Gasteiger partial charge in [-0.15, -0.1) is 0 Å². The topological polar surface area (TPSA) is 75.6 Å². The van der Waals surface area contributed by atoms with Crippen LogP contribution in [0.4, 0.5) is 4.39 Å². The van der Waals surface area contributed by atoms with E-state index in [1.807, 2.05) is 0 Å². The van der Waals surface area contributed by atoms with E-state index in [1.54, 1.807) is 6.07 Å². The molecule has 1 aliphatic heterocycles. The molecule has 0 bridgehead atoms. The van der Waals surface area contributed by atoms with Crippen molar-refractivity contribution in [3.05, 3.63) is 28.5 Å². The Morgan fingerprint density at radius 1 is 1.52 bits per heavy atom. The summed E-state index contributed by atoms with van der Waals surface area (Å²) in [6.07, 6.45) is 0.366. The predicted octanol–water partition coefficient (Wildman–Crippen LogP) is 2.04. The number of carboxylic acids is 1.